The van der Waals surface area contributed by atoms with Crippen molar-refractivity contribution in [2.24, 2.45) is 7.05 Å². The first-order chi connectivity index (χ1) is 10.4. The lowest BCUT2D eigenvalue weighted by molar-refractivity contribution is -0.129. The summed E-state index contributed by atoms with van der Waals surface area (Å²) in [7, 11) is -1.58. The van der Waals surface area contributed by atoms with Crippen molar-refractivity contribution in [2.75, 3.05) is 25.4 Å². The molecule has 1 saturated heterocycles. The molecule has 0 bridgehead atoms. The summed E-state index contributed by atoms with van der Waals surface area (Å²) in [5.41, 5.74) is 1.06. The molecule has 0 unspecified atom stereocenters. The summed E-state index contributed by atoms with van der Waals surface area (Å²) in [5.74, 6) is -0.731. The molecule has 1 atom stereocenters. The van der Waals surface area contributed by atoms with Crippen LogP contribution >= 0.6 is 0 Å². The fraction of sp³-hybridized carbons (Fsp3) is 0.667. The second kappa shape index (κ2) is 6.83. The van der Waals surface area contributed by atoms with Gasteiger partial charge in [-0.05, 0) is 25.0 Å². The monoisotopic (exact) mass is 327 g/mol. The van der Waals surface area contributed by atoms with Crippen LogP contribution in [0.25, 0.3) is 0 Å². The van der Waals surface area contributed by atoms with Crippen LogP contribution in [0.1, 0.15) is 38.4 Å². The van der Waals surface area contributed by atoms with Crippen LogP contribution in [0.2, 0.25) is 0 Å². The van der Waals surface area contributed by atoms with Gasteiger partial charge in [-0.3, -0.25) is 4.79 Å². The highest BCUT2D eigenvalue weighted by Crippen LogP contribution is 2.32. The summed E-state index contributed by atoms with van der Waals surface area (Å²) in [4.78, 5) is 14.2. The van der Waals surface area contributed by atoms with Crippen molar-refractivity contribution in [3.05, 3.63) is 24.0 Å². The quantitative estimate of drug-likeness (QED) is 0.792. The van der Waals surface area contributed by atoms with Crippen molar-refractivity contribution >= 4 is 15.9 Å². The van der Waals surface area contributed by atoms with E-state index in [0.717, 1.165) is 18.5 Å². The average molecular weight is 327 g/mol. The molecule has 124 valence electrons. The number of carbonyl (C=O) groups excluding carboxylic acids is 1. The Morgan fingerprint density at radius 1 is 1.36 bits per heavy atom. The highest BCUT2D eigenvalue weighted by molar-refractivity contribution is 7.89. The summed E-state index contributed by atoms with van der Waals surface area (Å²) in [6, 6.07) is 3.93. The van der Waals surface area contributed by atoms with Crippen LogP contribution in [0, 0.1) is 0 Å². The molecule has 0 spiro atoms. The van der Waals surface area contributed by atoms with Gasteiger partial charge in [0.2, 0.25) is 15.9 Å². The minimum absolute atomic E-state index is 0.0144. The third-order valence-corrected chi connectivity index (χ3v) is 6.22. The molecule has 0 aliphatic carbocycles. The van der Waals surface area contributed by atoms with Gasteiger partial charge in [0.05, 0.1) is 6.04 Å². The fourth-order valence-corrected chi connectivity index (χ4v) is 4.59. The number of hydrogen-bond acceptors (Lipinski definition) is 3. The fourth-order valence-electron chi connectivity index (χ4n) is 3.14. The molecule has 0 N–H and O–H groups in total. The second-order valence-corrected chi connectivity index (χ2v) is 7.60. The third kappa shape index (κ3) is 3.35. The van der Waals surface area contributed by atoms with Gasteiger partial charge in [-0.1, -0.05) is 13.8 Å². The molecular weight excluding hydrogens is 302 g/mol. The Morgan fingerprint density at radius 3 is 2.59 bits per heavy atom. The molecule has 2 rings (SSSR count). The maximum atomic E-state index is 12.5. The summed E-state index contributed by atoms with van der Waals surface area (Å²) < 4.78 is 27.9. The van der Waals surface area contributed by atoms with Gasteiger partial charge < -0.3 is 9.47 Å². The number of nitrogens with zero attached hydrogens (tertiary/aromatic N) is 3. The van der Waals surface area contributed by atoms with Gasteiger partial charge in [0.25, 0.3) is 0 Å². The van der Waals surface area contributed by atoms with Gasteiger partial charge in [0.15, 0.2) is 0 Å². The van der Waals surface area contributed by atoms with Gasteiger partial charge >= 0.3 is 0 Å². The van der Waals surface area contributed by atoms with E-state index in [4.69, 9.17) is 0 Å². The Bertz CT molecular complexity index is 620. The van der Waals surface area contributed by atoms with E-state index in [1.54, 1.807) is 18.7 Å². The lowest BCUT2D eigenvalue weighted by Gasteiger charge is -2.26. The first-order valence-corrected chi connectivity index (χ1v) is 9.40. The zero-order chi connectivity index (χ0) is 16.3. The van der Waals surface area contributed by atoms with Crippen LogP contribution < -0.4 is 0 Å². The van der Waals surface area contributed by atoms with Crippen LogP contribution in [0.3, 0.4) is 0 Å². The van der Waals surface area contributed by atoms with Gasteiger partial charge in [0.1, 0.15) is 5.75 Å². The normalized spacial score (nSPS) is 19.1. The summed E-state index contributed by atoms with van der Waals surface area (Å²) in [6.45, 7) is 4.99. The zero-order valence-electron chi connectivity index (χ0n) is 13.5. The standard InChI is InChI=1S/C15H25N3O3S/c1-4-17(5-2)22(20,21)12-15(19)18-11-7-9-14(18)13-8-6-10-16(13)3/h6,8,10,14H,4-5,7,9,11-12H2,1-3H3/t14-/m1/s1. The van der Waals surface area contributed by atoms with Crippen molar-refractivity contribution in [1.82, 2.24) is 13.8 Å². The van der Waals surface area contributed by atoms with E-state index in [9.17, 15) is 13.2 Å². The maximum absolute atomic E-state index is 12.5. The van der Waals surface area contributed by atoms with Crippen LogP contribution in [0.4, 0.5) is 0 Å². The number of sulfonamides is 1. The second-order valence-electron chi connectivity index (χ2n) is 5.63. The van der Waals surface area contributed by atoms with Crippen LogP contribution in [-0.4, -0.2) is 53.5 Å². The summed E-state index contributed by atoms with van der Waals surface area (Å²) in [5, 5.41) is 0. The number of likely N-dealkylation sites (tertiary alicyclic amines) is 1. The number of rotatable bonds is 6. The predicted octanol–water partition coefficient (Wildman–Crippen LogP) is 1.36. The number of aryl methyl sites for hydroxylation is 1. The van der Waals surface area contributed by atoms with Gasteiger partial charge in [0, 0.05) is 38.6 Å². The molecule has 6 nitrogen and oxygen atoms in total. The van der Waals surface area contributed by atoms with E-state index < -0.39 is 15.8 Å². The van der Waals surface area contributed by atoms with Gasteiger partial charge in [-0.15, -0.1) is 0 Å². The molecule has 1 aromatic heterocycles. The molecule has 2 heterocycles. The Hall–Kier alpha value is -1.34. The largest absolute Gasteiger partial charge is 0.353 e. The molecule has 0 aromatic carbocycles. The highest BCUT2D eigenvalue weighted by atomic mass is 32.2. The molecule has 1 fully saturated rings. The van der Waals surface area contributed by atoms with E-state index in [1.807, 2.05) is 29.9 Å². The van der Waals surface area contributed by atoms with E-state index in [-0.39, 0.29) is 11.9 Å². The molecule has 7 heteroatoms. The topological polar surface area (TPSA) is 62.6 Å². The van der Waals surface area contributed by atoms with Crippen molar-refractivity contribution in [3.63, 3.8) is 0 Å². The first kappa shape index (κ1) is 17.0. The molecule has 0 saturated carbocycles. The van der Waals surface area contributed by atoms with Gasteiger partial charge in [-0.2, -0.15) is 0 Å². The average Bonchev–Trinajstić information content (AvgIpc) is 3.07. The Labute approximate surface area is 132 Å². The zero-order valence-corrected chi connectivity index (χ0v) is 14.3. The third-order valence-electron chi connectivity index (χ3n) is 4.30. The minimum Gasteiger partial charge on any atom is -0.353 e. The Balaban J connectivity index is 2.14. The van der Waals surface area contributed by atoms with Crippen LogP contribution in [-0.2, 0) is 21.9 Å². The molecule has 22 heavy (non-hydrogen) atoms. The van der Waals surface area contributed by atoms with E-state index in [1.165, 1.54) is 4.31 Å². The number of amides is 1. The number of aromatic nitrogens is 1. The number of carbonyl (C=O) groups is 1. The smallest absolute Gasteiger partial charge is 0.239 e. The molecular formula is C15H25N3O3S. The summed E-state index contributed by atoms with van der Waals surface area (Å²) in [6.07, 6.45) is 3.74. The molecule has 0 radical (unpaired) electrons. The van der Waals surface area contributed by atoms with Crippen LogP contribution in [0.5, 0.6) is 0 Å². The Kier molecular flexibility index (Phi) is 5.28. The predicted molar refractivity (Wildman–Crippen MR) is 85.8 cm³/mol. The van der Waals surface area contributed by atoms with Crippen molar-refractivity contribution in [1.29, 1.82) is 0 Å². The van der Waals surface area contributed by atoms with E-state index >= 15 is 0 Å². The number of hydrogen-bond donors (Lipinski definition) is 0. The molecule has 1 amide bonds. The van der Waals surface area contributed by atoms with Crippen LogP contribution in [0.15, 0.2) is 18.3 Å². The Morgan fingerprint density at radius 2 is 2.05 bits per heavy atom. The lowest BCUT2D eigenvalue weighted by atomic mass is 10.1. The molecule has 1 aliphatic heterocycles. The molecule has 1 aromatic rings. The van der Waals surface area contributed by atoms with Crippen molar-refractivity contribution in [3.8, 4) is 0 Å². The maximum Gasteiger partial charge on any atom is 0.239 e. The highest BCUT2D eigenvalue weighted by Gasteiger charge is 2.34. The lowest BCUT2D eigenvalue weighted by Crippen LogP contribution is -2.41. The van der Waals surface area contributed by atoms with E-state index in [0.29, 0.717) is 19.6 Å². The van der Waals surface area contributed by atoms with Crippen molar-refractivity contribution in [2.45, 2.75) is 32.7 Å². The van der Waals surface area contributed by atoms with Gasteiger partial charge in [-0.25, -0.2) is 12.7 Å². The summed E-state index contributed by atoms with van der Waals surface area (Å²) >= 11 is 0. The van der Waals surface area contributed by atoms with Crippen molar-refractivity contribution < 1.29 is 13.2 Å². The first-order valence-electron chi connectivity index (χ1n) is 7.79. The molecule has 1 aliphatic rings. The SMILES string of the molecule is CCN(CC)S(=O)(=O)CC(=O)N1CCC[C@@H]1c1cccn1C. The van der Waals surface area contributed by atoms with E-state index in [2.05, 4.69) is 0 Å². The minimum atomic E-state index is -3.53.